The number of nitrogens with two attached hydrogens (primary N) is 1. The first-order chi connectivity index (χ1) is 8.67. The van der Waals surface area contributed by atoms with Gasteiger partial charge in [-0.25, -0.2) is 0 Å². The van der Waals surface area contributed by atoms with Crippen molar-refractivity contribution in [2.75, 3.05) is 11.9 Å². The zero-order chi connectivity index (χ0) is 13.4. The second-order valence-electron chi connectivity index (χ2n) is 3.95. The summed E-state index contributed by atoms with van der Waals surface area (Å²) < 4.78 is 0. The van der Waals surface area contributed by atoms with Crippen LogP contribution in [0.3, 0.4) is 0 Å². The molecule has 18 heavy (non-hydrogen) atoms. The van der Waals surface area contributed by atoms with Gasteiger partial charge in [0.2, 0.25) is 5.91 Å². The number of hydrogen-bond donors (Lipinski definition) is 2. The Labute approximate surface area is 112 Å². The lowest BCUT2D eigenvalue weighted by Crippen LogP contribution is -2.12. The molecule has 1 rings (SSSR count). The van der Waals surface area contributed by atoms with Gasteiger partial charge in [0.1, 0.15) is 6.07 Å². The Balaban J connectivity index is 2.54. The number of nitrogens with one attached hydrogen (secondary N) is 1. The number of carbonyl (C=O) groups is 1. The topological polar surface area (TPSA) is 78.9 Å². The highest BCUT2D eigenvalue weighted by Crippen LogP contribution is 2.20. The standard InChI is InChI=1S/C13H16ClN3O/c14-11-6-5-10(9-16)12(8-11)17-13(18)4-2-1-3-7-15/h5-6,8H,1-4,7,15H2,(H,17,18). The van der Waals surface area contributed by atoms with E-state index in [1.165, 1.54) is 0 Å². The van der Waals surface area contributed by atoms with E-state index in [1.54, 1.807) is 18.2 Å². The maximum Gasteiger partial charge on any atom is 0.224 e. The number of nitriles is 1. The Morgan fingerprint density at radius 3 is 2.83 bits per heavy atom. The van der Waals surface area contributed by atoms with Crippen LogP contribution in [0.1, 0.15) is 31.2 Å². The summed E-state index contributed by atoms with van der Waals surface area (Å²) in [4.78, 5) is 11.7. The van der Waals surface area contributed by atoms with Crippen molar-refractivity contribution in [3.05, 3.63) is 28.8 Å². The highest BCUT2D eigenvalue weighted by atomic mass is 35.5. The molecule has 96 valence electrons. The SMILES string of the molecule is N#Cc1ccc(Cl)cc1NC(=O)CCCCCN. The van der Waals surface area contributed by atoms with Gasteiger partial charge < -0.3 is 11.1 Å². The molecule has 0 aliphatic carbocycles. The fraction of sp³-hybridized carbons (Fsp3) is 0.385. The maximum atomic E-state index is 11.7. The molecule has 0 aliphatic rings. The van der Waals surface area contributed by atoms with Gasteiger partial charge in [-0.1, -0.05) is 18.0 Å². The van der Waals surface area contributed by atoms with Crippen LogP contribution in [0.15, 0.2) is 18.2 Å². The van der Waals surface area contributed by atoms with Gasteiger partial charge in [0.15, 0.2) is 0 Å². The van der Waals surface area contributed by atoms with E-state index >= 15 is 0 Å². The molecule has 0 spiro atoms. The van der Waals surface area contributed by atoms with Gasteiger partial charge in [0, 0.05) is 11.4 Å². The molecule has 0 heterocycles. The zero-order valence-electron chi connectivity index (χ0n) is 10.1. The van der Waals surface area contributed by atoms with Crippen molar-refractivity contribution >= 4 is 23.2 Å². The largest absolute Gasteiger partial charge is 0.330 e. The van der Waals surface area contributed by atoms with Gasteiger partial charge in [-0.15, -0.1) is 0 Å². The summed E-state index contributed by atoms with van der Waals surface area (Å²) in [5.41, 5.74) is 6.25. The van der Waals surface area contributed by atoms with Crippen LogP contribution in [0, 0.1) is 11.3 Å². The van der Waals surface area contributed by atoms with Crippen molar-refractivity contribution in [3.63, 3.8) is 0 Å². The summed E-state index contributed by atoms with van der Waals surface area (Å²) in [6.07, 6.45) is 3.08. The number of rotatable bonds is 6. The second kappa shape index (κ2) is 7.70. The molecule has 1 aromatic carbocycles. The Kier molecular flexibility index (Phi) is 6.20. The van der Waals surface area contributed by atoms with Crippen molar-refractivity contribution < 1.29 is 4.79 Å². The van der Waals surface area contributed by atoms with Crippen LogP contribution in [0.25, 0.3) is 0 Å². The predicted octanol–water partition coefficient (Wildman–Crippen LogP) is 2.67. The minimum Gasteiger partial charge on any atom is -0.330 e. The van der Waals surface area contributed by atoms with Crippen LogP contribution in [0.5, 0.6) is 0 Å². The first kappa shape index (κ1) is 14.5. The van der Waals surface area contributed by atoms with E-state index in [0.717, 1.165) is 19.3 Å². The highest BCUT2D eigenvalue weighted by molar-refractivity contribution is 6.31. The minimum atomic E-state index is -0.106. The fourth-order valence-corrected chi connectivity index (χ4v) is 1.71. The van der Waals surface area contributed by atoms with E-state index in [2.05, 4.69) is 5.32 Å². The van der Waals surface area contributed by atoms with E-state index < -0.39 is 0 Å². The third kappa shape index (κ3) is 4.74. The number of hydrogen-bond acceptors (Lipinski definition) is 3. The molecule has 0 saturated heterocycles. The molecule has 0 bridgehead atoms. The molecule has 3 N–H and O–H groups in total. The smallest absolute Gasteiger partial charge is 0.224 e. The van der Waals surface area contributed by atoms with Crippen molar-refractivity contribution in [1.82, 2.24) is 0 Å². The molecule has 0 fully saturated rings. The Morgan fingerprint density at radius 1 is 1.39 bits per heavy atom. The van der Waals surface area contributed by atoms with Crippen molar-refractivity contribution in [2.24, 2.45) is 5.73 Å². The van der Waals surface area contributed by atoms with Crippen molar-refractivity contribution in [1.29, 1.82) is 5.26 Å². The van der Waals surface area contributed by atoms with Crippen LogP contribution < -0.4 is 11.1 Å². The molecule has 0 aromatic heterocycles. The predicted molar refractivity (Wildman–Crippen MR) is 72.3 cm³/mol. The van der Waals surface area contributed by atoms with Crippen molar-refractivity contribution in [3.8, 4) is 6.07 Å². The number of amides is 1. The van der Waals surface area contributed by atoms with Gasteiger partial charge in [0.05, 0.1) is 11.3 Å². The molecule has 1 aromatic rings. The Bertz CT molecular complexity index is 454. The van der Waals surface area contributed by atoms with Crippen LogP contribution in [0.2, 0.25) is 5.02 Å². The van der Waals surface area contributed by atoms with E-state index in [1.807, 2.05) is 6.07 Å². The molecule has 0 saturated carbocycles. The van der Waals surface area contributed by atoms with Crippen LogP contribution >= 0.6 is 11.6 Å². The molecule has 4 nitrogen and oxygen atoms in total. The van der Waals surface area contributed by atoms with E-state index in [-0.39, 0.29) is 5.91 Å². The third-order valence-corrected chi connectivity index (χ3v) is 2.72. The fourth-order valence-electron chi connectivity index (χ4n) is 1.54. The Hall–Kier alpha value is -1.57. The van der Waals surface area contributed by atoms with Gasteiger partial charge >= 0.3 is 0 Å². The first-order valence-corrected chi connectivity index (χ1v) is 6.24. The summed E-state index contributed by atoms with van der Waals surface area (Å²) in [6.45, 7) is 0.647. The normalized spacial score (nSPS) is 9.83. The number of benzene rings is 1. The summed E-state index contributed by atoms with van der Waals surface area (Å²) in [5, 5.41) is 12.1. The molecule has 0 aliphatic heterocycles. The van der Waals surface area contributed by atoms with Gasteiger partial charge in [0.25, 0.3) is 0 Å². The van der Waals surface area contributed by atoms with Gasteiger partial charge in [-0.05, 0) is 37.6 Å². The third-order valence-electron chi connectivity index (χ3n) is 2.48. The minimum absolute atomic E-state index is 0.106. The summed E-state index contributed by atoms with van der Waals surface area (Å²) in [7, 11) is 0. The highest BCUT2D eigenvalue weighted by Gasteiger charge is 2.07. The van der Waals surface area contributed by atoms with Crippen LogP contribution in [0.4, 0.5) is 5.69 Å². The maximum absolute atomic E-state index is 11.7. The Morgan fingerprint density at radius 2 is 2.17 bits per heavy atom. The number of unbranched alkanes of at least 4 members (excludes halogenated alkanes) is 2. The lowest BCUT2D eigenvalue weighted by atomic mass is 10.1. The molecular formula is C13H16ClN3O. The summed E-state index contributed by atoms with van der Waals surface area (Å²) >= 11 is 5.83. The van der Waals surface area contributed by atoms with Crippen molar-refractivity contribution in [2.45, 2.75) is 25.7 Å². The molecule has 5 heteroatoms. The molecular weight excluding hydrogens is 250 g/mol. The first-order valence-electron chi connectivity index (χ1n) is 5.87. The quantitative estimate of drug-likeness (QED) is 0.776. The summed E-state index contributed by atoms with van der Waals surface area (Å²) in [6, 6.07) is 6.81. The van der Waals surface area contributed by atoms with E-state index in [4.69, 9.17) is 22.6 Å². The average Bonchev–Trinajstić information content (AvgIpc) is 2.35. The monoisotopic (exact) mass is 265 g/mol. The molecule has 0 radical (unpaired) electrons. The molecule has 0 atom stereocenters. The molecule has 0 unspecified atom stereocenters. The van der Waals surface area contributed by atoms with Gasteiger partial charge in [-0.3, -0.25) is 4.79 Å². The number of nitrogens with zero attached hydrogens (tertiary/aromatic N) is 1. The second-order valence-corrected chi connectivity index (χ2v) is 4.39. The number of carbonyl (C=O) groups excluding carboxylic acids is 1. The number of halogens is 1. The van der Waals surface area contributed by atoms with Gasteiger partial charge in [-0.2, -0.15) is 5.26 Å². The lowest BCUT2D eigenvalue weighted by Gasteiger charge is -2.07. The van der Waals surface area contributed by atoms with Crippen LogP contribution in [-0.2, 0) is 4.79 Å². The lowest BCUT2D eigenvalue weighted by molar-refractivity contribution is -0.116. The van der Waals surface area contributed by atoms with E-state index in [0.29, 0.717) is 29.2 Å². The number of anilines is 1. The molecule has 1 amide bonds. The van der Waals surface area contributed by atoms with E-state index in [9.17, 15) is 4.79 Å². The zero-order valence-corrected chi connectivity index (χ0v) is 10.8. The average molecular weight is 266 g/mol. The van der Waals surface area contributed by atoms with Crippen LogP contribution in [-0.4, -0.2) is 12.5 Å². The summed E-state index contributed by atoms with van der Waals surface area (Å²) in [5.74, 6) is -0.106.